The van der Waals surface area contributed by atoms with Crippen molar-refractivity contribution in [1.29, 1.82) is 0 Å². The Kier molecular flexibility index (Phi) is 8.24. The molecule has 37 heavy (non-hydrogen) atoms. The molecule has 1 N–H and O–H groups in total. The molecule has 2 aliphatic rings. The van der Waals surface area contributed by atoms with Crippen LogP contribution in [0.2, 0.25) is 35.7 Å². The van der Waals surface area contributed by atoms with E-state index in [0.717, 1.165) is 28.4 Å². The summed E-state index contributed by atoms with van der Waals surface area (Å²) in [6, 6.07) is 13.6. The van der Waals surface area contributed by atoms with Gasteiger partial charge in [-0.2, -0.15) is 0 Å². The standard InChI is InChI=1S/C29H36Cl2N2O3Si/c1-6-19(7-2)27-29(24(17-26(34)32-27)20-9-8-10-21(30)15-20)23-12-11-22(31)16-25(23)33(28(29)35)18-36-13-14-37(3,4)5/h6,8-12,15-16,24,27H,7,13-14,17-18H2,1-5H3,(H,32,34)/t24-,27+,29-/m0/s1. The number of piperidine rings is 1. The Morgan fingerprint density at radius 2 is 1.89 bits per heavy atom. The van der Waals surface area contributed by atoms with Crippen LogP contribution in [0.3, 0.4) is 0 Å². The minimum Gasteiger partial charge on any atom is -0.361 e. The van der Waals surface area contributed by atoms with Crippen molar-refractivity contribution in [2.45, 2.75) is 69.7 Å². The maximum Gasteiger partial charge on any atom is 0.242 e. The highest BCUT2D eigenvalue weighted by atomic mass is 35.5. The highest BCUT2D eigenvalue weighted by molar-refractivity contribution is 6.76. The molecule has 0 aliphatic carbocycles. The van der Waals surface area contributed by atoms with E-state index in [1.54, 1.807) is 4.90 Å². The third kappa shape index (κ3) is 5.26. The van der Waals surface area contributed by atoms with Gasteiger partial charge in [-0.05, 0) is 54.8 Å². The van der Waals surface area contributed by atoms with Crippen LogP contribution in [0.5, 0.6) is 0 Å². The van der Waals surface area contributed by atoms with Crippen LogP contribution >= 0.6 is 23.2 Å². The number of benzene rings is 2. The third-order valence-corrected chi connectivity index (χ3v) is 9.79. The summed E-state index contributed by atoms with van der Waals surface area (Å²) in [6.07, 6.45) is 2.90. The summed E-state index contributed by atoms with van der Waals surface area (Å²) in [6.45, 7) is 11.6. The van der Waals surface area contributed by atoms with Gasteiger partial charge in [0.15, 0.2) is 0 Å². The molecule has 4 rings (SSSR count). The number of allylic oxidation sites excluding steroid dienone is 1. The van der Waals surface area contributed by atoms with Gasteiger partial charge in [-0.1, -0.05) is 79.6 Å². The monoisotopic (exact) mass is 558 g/mol. The first-order chi connectivity index (χ1) is 17.5. The zero-order valence-corrected chi connectivity index (χ0v) is 24.7. The molecule has 2 aliphatic heterocycles. The molecule has 8 heteroatoms. The number of amides is 2. The quantitative estimate of drug-likeness (QED) is 0.217. The Bertz CT molecular complexity index is 1230. The number of fused-ring (bicyclic) bond motifs is 2. The molecule has 1 fully saturated rings. The van der Waals surface area contributed by atoms with Gasteiger partial charge in [0.1, 0.15) is 12.1 Å². The summed E-state index contributed by atoms with van der Waals surface area (Å²) in [5.41, 5.74) is 2.42. The average Bonchev–Trinajstić information content (AvgIpc) is 3.06. The number of nitrogens with one attached hydrogen (secondary N) is 1. The van der Waals surface area contributed by atoms with Crippen LogP contribution in [0.25, 0.3) is 0 Å². The Labute approximate surface area is 231 Å². The lowest BCUT2D eigenvalue weighted by molar-refractivity contribution is -0.132. The van der Waals surface area contributed by atoms with Crippen molar-refractivity contribution < 1.29 is 14.3 Å². The van der Waals surface area contributed by atoms with E-state index in [0.29, 0.717) is 23.1 Å². The smallest absolute Gasteiger partial charge is 0.242 e. The molecule has 0 aromatic heterocycles. The van der Waals surface area contributed by atoms with E-state index >= 15 is 0 Å². The van der Waals surface area contributed by atoms with E-state index in [2.05, 4.69) is 31.9 Å². The van der Waals surface area contributed by atoms with Gasteiger partial charge in [0, 0.05) is 37.1 Å². The Morgan fingerprint density at radius 1 is 1.16 bits per heavy atom. The zero-order chi connectivity index (χ0) is 27.0. The van der Waals surface area contributed by atoms with Gasteiger partial charge < -0.3 is 10.1 Å². The predicted molar refractivity (Wildman–Crippen MR) is 154 cm³/mol. The van der Waals surface area contributed by atoms with Crippen molar-refractivity contribution in [2.75, 3.05) is 18.2 Å². The molecule has 2 amide bonds. The first kappa shape index (κ1) is 27.9. The Hall–Kier alpha value is -2.12. The minimum atomic E-state index is -1.29. The molecule has 1 saturated heterocycles. The number of carbonyl (C=O) groups is 2. The zero-order valence-electron chi connectivity index (χ0n) is 22.2. The highest BCUT2D eigenvalue weighted by Crippen LogP contribution is 2.56. The number of halogens is 2. The Balaban J connectivity index is 1.90. The van der Waals surface area contributed by atoms with Gasteiger partial charge in [-0.25, -0.2) is 0 Å². The second kappa shape index (κ2) is 10.9. The molecule has 2 aromatic carbocycles. The average molecular weight is 560 g/mol. The summed E-state index contributed by atoms with van der Waals surface area (Å²) in [5, 5.41) is 4.33. The van der Waals surface area contributed by atoms with Crippen molar-refractivity contribution in [2.24, 2.45) is 0 Å². The molecule has 198 valence electrons. The van der Waals surface area contributed by atoms with E-state index in [9.17, 15) is 9.59 Å². The van der Waals surface area contributed by atoms with Crippen molar-refractivity contribution in [3.63, 3.8) is 0 Å². The molecule has 0 saturated carbocycles. The molecule has 2 heterocycles. The van der Waals surface area contributed by atoms with E-state index in [-0.39, 0.29) is 25.0 Å². The van der Waals surface area contributed by atoms with Crippen molar-refractivity contribution in [3.8, 4) is 0 Å². The molecule has 1 spiro atoms. The van der Waals surface area contributed by atoms with E-state index in [1.165, 1.54) is 0 Å². The largest absolute Gasteiger partial charge is 0.361 e. The molecular weight excluding hydrogens is 523 g/mol. The number of hydrogen-bond acceptors (Lipinski definition) is 3. The lowest BCUT2D eigenvalue weighted by Gasteiger charge is -2.47. The molecule has 0 unspecified atom stereocenters. The van der Waals surface area contributed by atoms with Crippen molar-refractivity contribution in [1.82, 2.24) is 5.32 Å². The fourth-order valence-corrected chi connectivity index (χ4v) is 6.87. The summed E-state index contributed by atoms with van der Waals surface area (Å²) in [5.74, 6) is -0.576. The number of hydrogen-bond donors (Lipinski definition) is 1. The van der Waals surface area contributed by atoms with Crippen LogP contribution in [0.15, 0.2) is 54.1 Å². The number of nitrogens with zero attached hydrogens (tertiary/aromatic N) is 1. The lowest BCUT2D eigenvalue weighted by atomic mass is 9.59. The number of carbonyl (C=O) groups excluding carboxylic acids is 2. The third-order valence-electron chi connectivity index (χ3n) is 7.61. The van der Waals surface area contributed by atoms with E-state index < -0.39 is 25.4 Å². The summed E-state index contributed by atoms with van der Waals surface area (Å²) < 4.78 is 6.10. The van der Waals surface area contributed by atoms with Gasteiger partial charge in [-0.3, -0.25) is 14.5 Å². The van der Waals surface area contributed by atoms with Crippen molar-refractivity contribution in [3.05, 3.63) is 75.3 Å². The second-order valence-corrected chi connectivity index (χ2v) is 17.6. The SMILES string of the molecule is CC=C(CC)[C@H]1NC(=O)C[C@@H](c2cccc(Cl)c2)[C@]12C(=O)N(COCC[Si](C)(C)C)c1cc(Cl)ccc12. The fraction of sp³-hybridized carbons (Fsp3) is 0.448. The highest BCUT2D eigenvalue weighted by Gasteiger charge is 2.63. The van der Waals surface area contributed by atoms with E-state index in [1.807, 2.05) is 55.5 Å². The minimum absolute atomic E-state index is 0.0819. The van der Waals surface area contributed by atoms with Crippen LogP contribution in [0.1, 0.15) is 43.7 Å². The van der Waals surface area contributed by atoms with Crippen LogP contribution in [-0.4, -0.2) is 39.3 Å². The molecule has 3 atom stereocenters. The molecular formula is C29H36Cl2N2O3Si. The number of anilines is 1. The first-order valence-corrected chi connectivity index (χ1v) is 17.4. The summed E-state index contributed by atoms with van der Waals surface area (Å²) in [7, 11) is -1.29. The van der Waals surface area contributed by atoms with Gasteiger partial charge >= 0.3 is 0 Å². The second-order valence-electron chi connectivity index (χ2n) is 11.1. The van der Waals surface area contributed by atoms with Gasteiger partial charge in [-0.15, -0.1) is 0 Å². The van der Waals surface area contributed by atoms with E-state index in [4.69, 9.17) is 27.9 Å². The van der Waals surface area contributed by atoms with Crippen LogP contribution in [0.4, 0.5) is 5.69 Å². The predicted octanol–water partition coefficient (Wildman–Crippen LogP) is 6.92. The van der Waals surface area contributed by atoms with Crippen LogP contribution in [0, 0.1) is 0 Å². The number of rotatable bonds is 8. The van der Waals surface area contributed by atoms with Gasteiger partial charge in [0.05, 0.1) is 11.7 Å². The van der Waals surface area contributed by atoms with Gasteiger partial charge in [0.2, 0.25) is 11.8 Å². The molecule has 0 bridgehead atoms. The lowest BCUT2D eigenvalue weighted by Crippen LogP contribution is -2.63. The molecule has 0 radical (unpaired) electrons. The summed E-state index contributed by atoms with van der Waals surface area (Å²) in [4.78, 5) is 29.6. The normalized spacial score (nSPS) is 24.0. The van der Waals surface area contributed by atoms with Crippen molar-refractivity contribution >= 4 is 48.8 Å². The topological polar surface area (TPSA) is 58.6 Å². The Morgan fingerprint density at radius 3 is 2.54 bits per heavy atom. The number of ether oxygens (including phenoxy) is 1. The maximum absolute atomic E-state index is 14.8. The van der Waals surface area contributed by atoms with Crippen LogP contribution < -0.4 is 10.2 Å². The van der Waals surface area contributed by atoms with Crippen LogP contribution in [-0.2, 0) is 19.7 Å². The van der Waals surface area contributed by atoms with Gasteiger partial charge in [0.25, 0.3) is 0 Å². The maximum atomic E-state index is 14.8. The fourth-order valence-electron chi connectivity index (χ4n) is 5.75. The first-order valence-electron chi connectivity index (χ1n) is 12.9. The molecule has 2 aromatic rings. The summed E-state index contributed by atoms with van der Waals surface area (Å²) >= 11 is 12.9. The molecule has 5 nitrogen and oxygen atoms in total.